The third-order valence-corrected chi connectivity index (χ3v) is 4.63. The predicted molar refractivity (Wildman–Crippen MR) is 90.5 cm³/mol. The quantitative estimate of drug-likeness (QED) is 0.514. The molecule has 3 aromatic rings. The van der Waals surface area contributed by atoms with Crippen molar-refractivity contribution >= 4 is 26.7 Å². The van der Waals surface area contributed by atoms with Crippen LogP contribution < -0.4 is 0 Å². The van der Waals surface area contributed by atoms with E-state index in [2.05, 4.69) is 59.3 Å². The zero-order chi connectivity index (χ0) is 14.8. The van der Waals surface area contributed by atoms with Gasteiger partial charge in [-0.05, 0) is 52.9 Å². The Hall–Kier alpha value is -1.67. The molecule has 0 aliphatic carbocycles. The number of benzene rings is 3. The van der Waals surface area contributed by atoms with Crippen molar-refractivity contribution in [1.82, 2.24) is 0 Å². The van der Waals surface area contributed by atoms with Gasteiger partial charge in [-0.15, -0.1) is 0 Å². The molecule has 1 atom stereocenters. The van der Waals surface area contributed by atoms with E-state index in [9.17, 15) is 4.39 Å². The van der Waals surface area contributed by atoms with E-state index in [0.29, 0.717) is 0 Å². The second kappa shape index (κ2) is 5.98. The third-order valence-electron chi connectivity index (χ3n) is 3.82. The lowest BCUT2D eigenvalue weighted by molar-refractivity contribution is 0.625. The second-order valence-electron chi connectivity index (χ2n) is 5.32. The summed E-state index contributed by atoms with van der Waals surface area (Å²) in [7, 11) is 0. The highest BCUT2D eigenvalue weighted by Crippen LogP contribution is 2.34. The molecule has 0 amide bonds. The fraction of sp³-hybridized carbons (Fsp3) is 0.158. The summed E-state index contributed by atoms with van der Waals surface area (Å²) in [6.45, 7) is 2.13. The molecule has 0 aliphatic rings. The van der Waals surface area contributed by atoms with E-state index < -0.39 is 0 Å². The van der Waals surface area contributed by atoms with Crippen LogP contribution in [0.25, 0.3) is 10.8 Å². The molecule has 0 radical (unpaired) electrons. The first-order chi connectivity index (χ1) is 10.1. The maximum absolute atomic E-state index is 13.3. The summed E-state index contributed by atoms with van der Waals surface area (Å²) in [4.78, 5) is 0.171. The molecule has 0 spiro atoms. The maximum Gasteiger partial charge on any atom is 0.123 e. The lowest BCUT2D eigenvalue weighted by atomic mass is 9.96. The van der Waals surface area contributed by atoms with Crippen molar-refractivity contribution in [2.45, 2.75) is 18.2 Å². The highest BCUT2D eigenvalue weighted by molar-refractivity contribution is 9.09. The molecule has 0 nitrogen and oxygen atoms in total. The van der Waals surface area contributed by atoms with Crippen LogP contribution in [0, 0.1) is 12.7 Å². The minimum Gasteiger partial charge on any atom is -0.207 e. The van der Waals surface area contributed by atoms with Gasteiger partial charge in [-0.2, -0.15) is 0 Å². The summed E-state index contributed by atoms with van der Waals surface area (Å²) in [6, 6.07) is 19.5. The third kappa shape index (κ3) is 3.01. The summed E-state index contributed by atoms with van der Waals surface area (Å²) >= 11 is 3.77. The Morgan fingerprint density at radius 1 is 0.952 bits per heavy atom. The Bertz CT molecular complexity index is 779. The van der Waals surface area contributed by atoms with Gasteiger partial charge in [0.15, 0.2) is 0 Å². The second-order valence-corrected chi connectivity index (χ2v) is 6.42. The number of rotatable bonds is 3. The number of halogens is 2. The lowest BCUT2D eigenvalue weighted by Gasteiger charge is -2.15. The topological polar surface area (TPSA) is 0 Å². The average molecular weight is 343 g/mol. The number of aryl methyl sites for hydroxylation is 1. The van der Waals surface area contributed by atoms with E-state index in [0.717, 1.165) is 12.0 Å². The molecule has 0 heterocycles. The molecule has 1 unspecified atom stereocenters. The Balaban J connectivity index is 1.98. The predicted octanol–water partition coefficient (Wildman–Crippen LogP) is 5.97. The van der Waals surface area contributed by atoms with E-state index in [1.165, 1.54) is 28.0 Å². The molecule has 0 bridgehead atoms. The van der Waals surface area contributed by atoms with Gasteiger partial charge in [-0.25, -0.2) is 4.39 Å². The minimum absolute atomic E-state index is 0.171. The first kappa shape index (κ1) is 14.3. The van der Waals surface area contributed by atoms with Gasteiger partial charge in [-0.3, -0.25) is 0 Å². The highest BCUT2D eigenvalue weighted by Gasteiger charge is 2.13. The van der Waals surface area contributed by atoms with Gasteiger partial charge in [-0.1, -0.05) is 64.5 Å². The van der Waals surface area contributed by atoms with Crippen LogP contribution in [0.3, 0.4) is 0 Å². The minimum atomic E-state index is -0.180. The molecule has 0 aromatic heterocycles. The van der Waals surface area contributed by atoms with Gasteiger partial charge in [0.2, 0.25) is 0 Å². The normalized spacial score (nSPS) is 12.5. The SMILES string of the molecule is Cc1ccc(C(Br)Cc2cccc(F)c2)c2ccccc12. The largest absolute Gasteiger partial charge is 0.207 e. The van der Waals surface area contributed by atoms with Crippen LogP contribution in [-0.2, 0) is 6.42 Å². The van der Waals surface area contributed by atoms with Crippen LogP contribution >= 0.6 is 15.9 Å². The summed E-state index contributed by atoms with van der Waals surface area (Å²) in [5.74, 6) is -0.180. The van der Waals surface area contributed by atoms with E-state index >= 15 is 0 Å². The fourth-order valence-electron chi connectivity index (χ4n) is 2.73. The van der Waals surface area contributed by atoms with Crippen molar-refractivity contribution in [2.75, 3.05) is 0 Å². The molecular formula is C19H16BrF. The molecule has 0 aliphatic heterocycles. The Labute approximate surface area is 132 Å². The van der Waals surface area contributed by atoms with Gasteiger partial charge < -0.3 is 0 Å². The molecule has 0 N–H and O–H groups in total. The fourth-order valence-corrected chi connectivity index (χ4v) is 3.50. The van der Waals surface area contributed by atoms with Gasteiger partial charge >= 0.3 is 0 Å². The van der Waals surface area contributed by atoms with Gasteiger partial charge in [0, 0.05) is 4.83 Å². The van der Waals surface area contributed by atoms with Crippen molar-refractivity contribution in [3.05, 3.63) is 83.2 Å². The molecule has 0 saturated heterocycles. The molecule has 106 valence electrons. The molecular weight excluding hydrogens is 327 g/mol. The smallest absolute Gasteiger partial charge is 0.123 e. The van der Waals surface area contributed by atoms with Gasteiger partial charge in [0.25, 0.3) is 0 Å². The van der Waals surface area contributed by atoms with Crippen LogP contribution in [0.2, 0.25) is 0 Å². The zero-order valence-corrected chi connectivity index (χ0v) is 13.4. The van der Waals surface area contributed by atoms with Crippen LogP contribution in [0.15, 0.2) is 60.7 Å². The highest BCUT2D eigenvalue weighted by atomic mass is 79.9. The van der Waals surface area contributed by atoms with Crippen molar-refractivity contribution in [2.24, 2.45) is 0 Å². The average Bonchev–Trinajstić information content (AvgIpc) is 2.48. The van der Waals surface area contributed by atoms with Crippen molar-refractivity contribution in [3.8, 4) is 0 Å². The summed E-state index contributed by atoms with van der Waals surface area (Å²) in [5.41, 5.74) is 3.53. The molecule has 3 rings (SSSR count). The van der Waals surface area contributed by atoms with Gasteiger partial charge in [0.1, 0.15) is 5.82 Å². The van der Waals surface area contributed by atoms with Crippen LogP contribution in [-0.4, -0.2) is 0 Å². The maximum atomic E-state index is 13.3. The van der Waals surface area contributed by atoms with Crippen LogP contribution in [0.5, 0.6) is 0 Å². The Kier molecular flexibility index (Phi) is 4.07. The summed E-state index contributed by atoms with van der Waals surface area (Å²) in [5, 5.41) is 2.54. The van der Waals surface area contributed by atoms with E-state index in [1.54, 1.807) is 12.1 Å². The summed E-state index contributed by atoms with van der Waals surface area (Å²) < 4.78 is 13.3. The Morgan fingerprint density at radius 3 is 2.48 bits per heavy atom. The van der Waals surface area contributed by atoms with Crippen molar-refractivity contribution < 1.29 is 4.39 Å². The number of hydrogen-bond donors (Lipinski definition) is 0. The van der Waals surface area contributed by atoms with Crippen molar-refractivity contribution in [1.29, 1.82) is 0 Å². The molecule has 21 heavy (non-hydrogen) atoms. The molecule has 2 heteroatoms. The van der Waals surface area contributed by atoms with Crippen LogP contribution in [0.1, 0.15) is 21.5 Å². The van der Waals surface area contributed by atoms with E-state index in [4.69, 9.17) is 0 Å². The van der Waals surface area contributed by atoms with E-state index in [-0.39, 0.29) is 10.6 Å². The number of fused-ring (bicyclic) bond motifs is 1. The summed E-state index contributed by atoms with van der Waals surface area (Å²) in [6.07, 6.45) is 0.769. The Morgan fingerprint density at radius 2 is 1.71 bits per heavy atom. The molecule has 0 fully saturated rings. The van der Waals surface area contributed by atoms with Crippen molar-refractivity contribution in [3.63, 3.8) is 0 Å². The lowest BCUT2D eigenvalue weighted by Crippen LogP contribution is -1.97. The molecule has 3 aromatic carbocycles. The zero-order valence-electron chi connectivity index (χ0n) is 11.8. The van der Waals surface area contributed by atoms with Gasteiger partial charge in [0.05, 0.1) is 0 Å². The van der Waals surface area contributed by atoms with E-state index in [1.807, 2.05) is 6.07 Å². The number of hydrogen-bond acceptors (Lipinski definition) is 0. The standard InChI is InChI=1S/C19H16BrF/c1-13-9-10-18(17-8-3-2-7-16(13)17)19(20)12-14-5-4-6-15(21)11-14/h2-11,19H,12H2,1H3. The monoisotopic (exact) mass is 342 g/mol. The number of alkyl halides is 1. The first-order valence-corrected chi connectivity index (χ1v) is 7.93. The first-order valence-electron chi connectivity index (χ1n) is 7.02. The van der Waals surface area contributed by atoms with Crippen LogP contribution in [0.4, 0.5) is 4.39 Å². The molecule has 0 saturated carbocycles.